The zero-order valence-corrected chi connectivity index (χ0v) is 15.3. The second-order valence-corrected chi connectivity index (χ2v) is 7.04. The third-order valence-corrected chi connectivity index (χ3v) is 5.14. The van der Waals surface area contributed by atoms with E-state index in [1.807, 2.05) is 29.2 Å². The second kappa shape index (κ2) is 8.20. The van der Waals surface area contributed by atoms with Gasteiger partial charge in [0.1, 0.15) is 11.6 Å². The molecule has 0 unspecified atom stereocenters. The zero-order chi connectivity index (χ0) is 18.5. The van der Waals surface area contributed by atoms with Gasteiger partial charge in [-0.3, -0.25) is 0 Å². The molecule has 0 bridgehead atoms. The predicted molar refractivity (Wildman–Crippen MR) is 105 cm³/mol. The maximum absolute atomic E-state index is 12.5. The van der Waals surface area contributed by atoms with Crippen LogP contribution in [0.15, 0.2) is 36.7 Å². The summed E-state index contributed by atoms with van der Waals surface area (Å²) in [5, 5.41) is 14.3. The van der Waals surface area contributed by atoms with E-state index in [1.54, 1.807) is 12.4 Å². The highest BCUT2D eigenvalue weighted by molar-refractivity contribution is 5.89. The van der Waals surface area contributed by atoms with Crippen molar-refractivity contribution in [1.82, 2.24) is 20.1 Å². The van der Waals surface area contributed by atoms with Crippen molar-refractivity contribution < 1.29 is 4.79 Å². The summed E-state index contributed by atoms with van der Waals surface area (Å²) in [6.45, 7) is 3.55. The van der Waals surface area contributed by atoms with Crippen LogP contribution in [0.1, 0.15) is 25.7 Å². The zero-order valence-electron chi connectivity index (χ0n) is 15.3. The molecule has 4 heterocycles. The summed E-state index contributed by atoms with van der Waals surface area (Å²) >= 11 is 0. The highest BCUT2D eigenvalue weighted by Crippen LogP contribution is 2.20. The van der Waals surface area contributed by atoms with Gasteiger partial charge in [0, 0.05) is 38.4 Å². The molecule has 8 heteroatoms. The lowest BCUT2D eigenvalue weighted by atomic mass is 10.1. The first-order chi connectivity index (χ1) is 13.3. The summed E-state index contributed by atoms with van der Waals surface area (Å²) in [5.41, 5.74) is 0.739. The highest BCUT2D eigenvalue weighted by atomic mass is 16.2. The number of nitrogens with zero attached hydrogens (tertiary/aromatic N) is 5. The quantitative estimate of drug-likeness (QED) is 0.864. The van der Waals surface area contributed by atoms with Crippen molar-refractivity contribution in [2.45, 2.75) is 31.7 Å². The van der Waals surface area contributed by atoms with Gasteiger partial charge in [-0.1, -0.05) is 0 Å². The number of pyridine rings is 1. The van der Waals surface area contributed by atoms with E-state index in [1.165, 1.54) is 12.8 Å². The van der Waals surface area contributed by atoms with Crippen LogP contribution in [0.3, 0.4) is 0 Å². The average molecular weight is 367 g/mol. The molecule has 8 nitrogen and oxygen atoms in total. The molecule has 2 aromatic heterocycles. The fourth-order valence-electron chi connectivity index (χ4n) is 3.61. The molecule has 2 amide bonds. The van der Waals surface area contributed by atoms with E-state index in [0.29, 0.717) is 19.1 Å². The van der Waals surface area contributed by atoms with E-state index in [0.717, 1.165) is 43.3 Å². The normalized spacial score (nSPS) is 17.8. The monoisotopic (exact) mass is 367 g/mol. The lowest BCUT2D eigenvalue weighted by Crippen LogP contribution is -2.44. The van der Waals surface area contributed by atoms with Crippen molar-refractivity contribution in [3.63, 3.8) is 0 Å². The number of amides is 2. The number of hydrogen-bond acceptors (Lipinski definition) is 6. The molecule has 0 spiro atoms. The Bertz CT molecular complexity index is 738. The van der Waals surface area contributed by atoms with Crippen LogP contribution in [-0.2, 0) is 0 Å². The number of nitrogens with one attached hydrogen (secondary N) is 2. The summed E-state index contributed by atoms with van der Waals surface area (Å²) in [6, 6.07) is 7.93. The molecule has 4 rings (SSSR count). The molecular formula is C19H25N7O. The molecule has 0 aliphatic carbocycles. The van der Waals surface area contributed by atoms with Crippen LogP contribution in [0, 0.1) is 0 Å². The van der Waals surface area contributed by atoms with E-state index in [-0.39, 0.29) is 6.03 Å². The predicted octanol–water partition coefficient (Wildman–Crippen LogP) is 2.58. The third-order valence-electron chi connectivity index (χ3n) is 5.14. The number of urea groups is 1. The van der Waals surface area contributed by atoms with Crippen molar-refractivity contribution >= 4 is 23.4 Å². The summed E-state index contributed by atoms with van der Waals surface area (Å²) in [4.78, 5) is 21.1. The van der Waals surface area contributed by atoms with Gasteiger partial charge in [0.2, 0.25) is 0 Å². The van der Waals surface area contributed by atoms with Crippen molar-refractivity contribution in [3.8, 4) is 0 Å². The third kappa shape index (κ3) is 4.45. The Labute approximate surface area is 159 Å². The molecular weight excluding hydrogens is 342 g/mol. The van der Waals surface area contributed by atoms with Crippen molar-refractivity contribution in [2.75, 3.05) is 41.7 Å². The molecule has 2 aromatic rings. The van der Waals surface area contributed by atoms with E-state index < -0.39 is 0 Å². The van der Waals surface area contributed by atoms with Crippen molar-refractivity contribution in [3.05, 3.63) is 36.7 Å². The van der Waals surface area contributed by atoms with Crippen LogP contribution in [0.4, 0.5) is 22.1 Å². The molecule has 142 valence electrons. The SMILES string of the molecule is O=C(Nc1ccc(N2CCCC2)nc1)N1CCC(Nc2cccnn2)CC1. The topological polar surface area (TPSA) is 86.3 Å². The molecule has 2 fully saturated rings. The minimum Gasteiger partial charge on any atom is -0.366 e. The molecule has 2 aliphatic rings. The number of aromatic nitrogens is 3. The Kier molecular flexibility index (Phi) is 5.32. The Morgan fingerprint density at radius 2 is 1.89 bits per heavy atom. The maximum Gasteiger partial charge on any atom is 0.321 e. The smallest absolute Gasteiger partial charge is 0.321 e. The molecule has 27 heavy (non-hydrogen) atoms. The summed E-state index contributed by atoms with van der Waals surface area (Å²) < 4.78 is 0. The Morgan fingerprint density at radius 1 is 1.07 bits per heavy atom. The van der Waals surface area contributed by atoms with Gasteiger partial charge in [-0.15, -0.1) is 5.10 Å². The van der Waals surface area contributed by atoms with E-state index in [2.05, 4.69) is 30.7 Å². The molecule has 2 saturated heterocycles. The number of rotatable bonds is 4. The first-order valence-electron chi connectivity index (χ1n) is 9.59. The second-order valence-electron chi connectivity index (χ2n) is 7.04. The van der Waals surface area contributed by atoms with Crippen LogP contribution in [0.2, 0.25) is 0 Å². The van der Waals surface area contributed by atoms with Gasteiger partial charge >= 0.3 is 6.03 Å². The average Bonchev–Trinajstić information content (AvgIpc) is 3.25. The Balaban J connectivity index is 1.25. The van der Waals surface area contributed by atoms with Gasteiger partial charge in [0.25, 0.3) is 0 Å². The fourth-order valence-corrected chi connectivity index (χ4v) is 3.61. The molecule has 0 saturated carbocycles. The molecule has 2 aliphatic heterocycles. The van der Waals surface area contributed by atoms with Gasteiger partial charge in [-0.05, 0) is 49.9 Å². The molecule has 0 radical (unpaired) electrons. The maximum atomic E-state index is 12.5. The minimum atomic E-state index is -0.0660. The number of hydrogen-bond donors (Lipinski definition) is 2. The molecule has 0 atom stereocenters. The lowest BCUT2D eigenvalue weighted by Gasteiger charge is -2.32. The van der Waals surface area contributed by atoms with Crippen molar-refractivity contribution in [2.24, 2.45) is 0 Å². The van der Waals surface area contributed by atoms with Gasteiger partial charge in [0.05, 0.1) is 11.9 Å². The van der Waals surface area contributed by atoms with Crippen LogP contribution >= 0.6 is 0 Å². The summed E-state index contributed by atoms with van der Waals surface area (Å²) in [6.07, 6.45) is 7.62. The van der Waals surface area contributed by atoms with Gasteiger partial charge in [-0.25, -0.2) is 9.78 Å². The van der Waals surface area contributed by atoms with Crippen LogP contribution < -0.4 is 15.5 Å². The van der Waals surface area contributed by atoms with Gasteiger partial charge in [-0.2, -0.15) is 5.10 Å². The van der Waals surface area contributed by atoms with E-state index >= 15 is 0 Å². The Hall–Kier alpha value is -2.90. The standard InChI is InChI=1S/C19H25N7O/c27-19(23-16-5-6-18(20-14-16)25-10-1-2-11-25)26-12-7-15(8-13-26)22-17-4-3-9-21-24-17/h3-6,9,14-15H,1-2,7-8,10-13H2,(H,22,24)(H,23,27). The van der Waals surface area contributed by atoms with Crippen LogP contribution in [0.5, 0.6) is 0 Å². The highest BCUT2D eigenvalue weighted by Gasteiger charge is 2.23. The molecule has 2 N–H and O–H groups in total. The summed E-state index contributed by atoms with van der Waals surface area (Å²) in [7, 11) is 0. The summed E-state index contributed by atoms with van der Waals surface area (Å²) in [5.74, 6) is 1.77. The first kappa shape index (κ1) is 17.5. The van der Waals surface area contributed by atoms with Gasteiger partial charge in [0.15, 0.2) is 0 Å². The Morgan fingerprint density at radius 3 is 2.56 bits per heavy atom. The van der Waals surface area contributed by atoms with Crippen LogP contribution in [0.25, 0.3) is 0 Å². The number of carbonyl (C=O) groups excluding carboxylic acids is 1. The van der Waals surface area contributed by atoms with E-state index in [9.17, 15) is 4.79 Å². The van der Waals surface area contributed by atoms with Crippen molar-refractivity contribution in [1.29, 1.82) is 0 Å². The number of likely N-dealkylation sites (tertiary alicyclic amines) is 1. The van der Waals surface area contributed by atoms with Gasteiger partial charge < -0.3 is 20.4 Å². The van der Waals surface area contributed by atoms with Crippen LogP contribution in [-0.4, -0.2) is 58.3 Å². The lowest BCUT2D eigenvalue weighted by molar-refractivity contribution is 0.197. The van der Waals surface area contributed by atoms with E-state index in [4.69, 9.17) is 0 Å². The number of anilines is 3. The fraction of sp³-hybridized carbons (Fsp3) is 0.474. The minimum absolute atomic E-state index is 0.0660. The number of piperidine rings is 1. The first-order valence-corrected chi connectivity index (χ1v) is 9.59. The molecule has 0 aromatic carbocycles. The largest absolute Gasteiger partial charge is 0.366 e. The number of carbonyl (C=O) groups is 1.